The molecule has 2 nitrogen and oxygen atoms in total. The third kappa shape index (κ3) is 2.41. The van der Waals surface area contributed by atoms with E-state index in [1.807, 2.05) is 6.92 Å². The summed E-state index contributed by atoms with van der Waals surface area (Å²) in [6.07, 6.45) is 0.660. The standard InChI is InChI=1S/C10H11F2NOS/c1-6(13)4-7-2-3-9-8(5-7)14-10(11,12)15-9/h2-3,5-6H,4,13H2,1H3. The van der Waals surface area contributed by atoms with Crippen molar-refractivity contribution in [3.05, 3.63) is 23.8 Å². The fourth-order valence-corrected chi connectivity index (χ4v) is 2.22. The first-order valence-electron chi connectivity index (χ1n) is 4.60. The van der Waals surface area contributed by atoms with Gasteiger partial charge in [0.25, 0.3) is 0 Å². The van der Waals surface area contributed by atoms with Crippen molar-refractivity contribution >= 4 is 11.8 Å². The predicted octanol–water partition coefficient (Wildman–Crippen LogP) is 2.61. The molecule has 0 aromatic heterocycles. The first-order chi connectivity index (χ1) is 6.96. The Kier molecular flexibility index (Phi) is 2.60. The molecule has 0 bridgehead atoms. The van der Waals surface area contributed by atoms with E-state index in [4.69, 9.17) is 5.73 Å². The lowest BCUT2D eigenvalue weighted by molar-refractivity contribution is -0.0822. The molecule has 1 heterocycles. The van der Waals surface area contributed by atoms with E-state index in [2.05, 4.69) is 4.74 Å². The monoisotopic (exact) mass is 231 g/mol. The highest BCUT2D eigenvalue weighted by atomic mass is 32.2. The van der Waals surface area contributed by atoms with E-state index >= 15 is 0 Å². The number of hydrogen-bond donors (Lipinski definition) is 1. The second-order valence-corrected chi connectivity index (χ2v) is 4.75. The summed E-state index contributed by atoms with van der Waals surface area (Å²) in [6, 6.07) is 5.10. The van der Waals surface area contributed by atoms with Crippen molar-refractivity contribution < 1.29 is 13.5 Å². The smallest absolute Gasteiger partial charge is 0.423 e. The van der Waals surface area contributed by atoms with E-state index in [-0.39, 0.29) is 11.8 Å². The van der Waals surface area contributed by atoms with Gasteiger partial charge >= 0.3 is 5.44 Å². The van der Waals surface area contributed by atoms with Crippen molar-refractivity contribution in [2.24, 2.45) is 5.73 Å². The van der Waals surface area contributed by atoms with Gasteiger partial charge in [0.1, 0.15) is 5.75 Å². The van der Waals surface area contributed by atoms with Gasteiger partial charge in [0, 0.05) is 6.04 Å². The number of alkyl halides is 2. The van der Waals surface area contributed by atoms with E-state index in [0.29, 0.717) is 23.1 Å². The lowest BCUT2D eigenvalue weighted by Gasteiger charge is -2.07. The molecule has 1 aromatic rings. The topological polar surface area (TPSA) is 35.2 Å². The van der Waals surface area contributed by atoms with Crippen molar-refractivity contribution in [2.75, 3.05) is 0 Å². The minimum absolute atomic E-state index is 0.0117. The summed E-state index contributed by atoms with van der Waals surface area (Å²) < 4.78 is 30.2. The van der Waals surface area contributed by atoms with Crippen LogP contribution in [0.1, 0.15) is 12.5 Å². The Morgan fingerprint density at radius 3 is 2.93 bits per heavy atom. The van der Waals surface area contributed by atoms with Gasteiger partial charge in [-0.1, -0.05) is 6.07 Å². The predicted molar refractivity (Wildman–Crippen MR) is 55.2 cm³/mol. The lowest BCUT2D eigenvalue weighted by Crippen LogP contribution is -2.17. The summed E-state index contributed by atoms with van der Waals surface area (Å²) in [5.74, 6) is 0.253. The molecule has 0 aliphatic carbocycles. The highest BCUT2D eigenvalue weighted by Gasteiger charge is 2.41. The summed E-state index contributed by atoms with van der Waals surface area (Å²) in [4.78, 5) is 0.480. The highest BCUT2D eigenvalue weighted by Crippen LogP contribution is 2.49. The zero-order valence-corrected chi connectivity index (χ0v) is 8.98. The zero-order valence-electron chi connectivity index (χ0n) is 8.17. The summed E-state index contributed by atoms with van der Waals surface area (Å²) >= 11 is 0.434. The molecule has 0 saturated carbocycles. The lowest BCUT2D eigenvalue weighted by atomic mass is 10.1. The molecular weight excluding hydrogens is 220 g/mol. The second-order valence-electron chi connectivity index (χ2n) is 3.63. The molecule has 1 unspecified atom stereocenters. The molecule has 82 valence electrons. The van der Waals surface area contributed by atoms with Gasteiger partial charge in [-0.15, -0.1) is 0 Å². The quantitative estimate of drug-likeness (QED) is 0.849. The number of rotatable bonds is 2. The molecule has 0 radical (unpaired) electrons. The van der Waals surface area contributed by atoms with E-state index in [0.717, 1.165) is 5.56 Å². The Morgan fingerprint density at radius 1 is 1.53 bits per heavy atom. The Morgan fingerprint density at radius 2 is 2.27 bits per heavy atom. The third-order valence-corrected chi connectivity index (χ3v) is 2.90. The van der Waals surface area contributed by atoms with Crippen molar-refractivity contribution in [3.63, 3.8) is 0 Å². The van der Waals surface area contributed by atoms with Crippen LogP contribution < -0.4 is 10.5 Å². The van der Waals surface area contributed by atoms with Gasteiger partial charge in [-0.3, -0.25) is 0 Å². The maximum atomic E-state index is 12.8. The summed E-state index contributed by atoms with van der Waals surface area (Å²) in [6.45, 7) is 1.87. The van der Waals surface area contributed by atoms with Crippen LogP contribution in [-0.2, 0) is 6.42 Å². The van der Waals surface area contributed by atoms with Gasteiger partial charge in [0.2, 0.25) is 0 Å². The van der Waals surface area contributed by atoms with Crippen molar-refractivity contribution in [2.45, 2.75) is 29.7 Å². The third-order valence-electron chi connectivity index (χ3n) is 2.02. The SMILES string of the molecule is CC(N)Cc1ccc2c(c1)OC(F)(F)S2. The van der Waals surface area contributed by atoms with Crippen LogP contribution in [0.2, 0.25) is 0 Å². The molecule has 1 atom stereocenters. The molecule has 2 N–H and O–H groups in total. The fraction of sp³-hybridized carbons (Fsp3) is 0.400. The van der Waals surface area contributed by atoms with Crippen LogP contribution in [-0.4, -0.2) is 11.5 Å². The molecule has 1 aliphatic rings. The van der Waals surface area contributed by atoms with Crippen molar-refractivity contribution in [1.82, 2.24) is 0 Å². The molecule has 15 heavy (non-hydrogen) atoms. The summed E-state index contributed by atoms with van der Waals surface area (Å²) in [7, 11) is 0. The molecule has 1 aliphatic heterocycles. The molecule has 0 spiro atoms. The maximum Gasteiger partial charge on any atom is 0.457 e. The first kappa shape index (κ1) is 10.7. The molecule has 2 rings (SSSR count). The minimum atomic E-state index is -3.13. The van der Waals surface area contributed by atoms with Gasteiger partial charge in [-0.05, 0) is 42.8 Å². The van der Waals surface area contributed by atoms with E-state index in [1.54, 1.807) is 18.2 Å². The number of benzene rings is 1. The normalized spacial score (nSPS) is 19.5. The molecule has 5 heteroatoms. The van der Waals surface area contributed by atoms with Crippen LogP contribution in [0.25, 0.3) is 0 Å². The van der Waals surface area contributed by atoms with Gasteiger partial charge in [0.05, 0.1) is 4.90 Å². The number of ether oxygens (including phenoxy) is 1. The fourth-order valence-electron chi connectivity index (χ4n) is 1.49. The molecule has 0 amide bonds. The van der Waals surface area contributed by atoms with Crippen LogP contribution in [0.5, 0.6) is 5.75 Å². The van der Waals surface area contributed by atoms with Gasteiger partial charge < -0.3 is 10.5 Å². The number of hydrogen-bond acceptors (Lipinski definition) is 3. The van der Waals surface area contributed by atoms with Crippen LogP contribution in [0.3, 0.4) is 0 Å². The highest BCUT2D eigenvalue weighted by molar-refractivity contribution is 8.00. The van der Waals surface area contributed by atoms with Gasteiger partial charge in [-0.25, -0.2) is 0 Å². The average Bonchev–Trinajstić information content (AvgIpc) is 2.36. The molecule has 0 fully saturated rings. The summed E-state index contributed by atoms with van der Waals surface area (Å²) in [5, 5.41) is 0. The van der Waals surface area contributed by atoms with E-state index < -0.39 is 5.44 Å². The Bertz CT molecular complexity index is 382. The summed E-state index contributed by atoms with van der Waals surface area (Å²) in [5.41, 5.74) is 3.42. The Balaban J connectivity index is 2.23. The largest absolute Gasteiger partial charge is 0.457 e. The molecular formula is C10H11F2NOS. The van der Waals surface area contributed by atoms with Crippen molar-refractivity contribution in [3.8, 4) is 5.75 Å². The van der Waals surface area contributed by atoms with Crippen LogP contribution >= 0.6 is 11.8 Å². The number of halogens is 2. The number of thioether (sulfide) groups is 1. The van der Waals surface area contributed by atoms with Crippen LogP contribution in [0.4, 0.5) is 8.78 Å². The van der Waals surface area contributed by atoms with Crippen molar-refractivity contribution in [1.29, 1.82) is 0 Å². The molecule has 1 aromatic carbocycles. The Hall–Kier alpha value is -0.810. The van der Waals surface area contributed by atoms with E-state index in [1.165, 1.54) is 0 Å². The van der Waals surface area contributed by atoms with Gasteiger partial charge in [0.15, 0.2) is 0 Å². The van der Waals surface area contributed by atoms with E-state index in [9.17, 15) is 8.78 Å². The maximum absolute atomic E-state index is 12.8. The molecule has 0 saturated heterocycles. The van der Waals surface area contributed by atoms with Crippen LogP contribution in [0.15, 0.2) is 23.1 Å². The number of nitrogens with two attached hydrogens (primary N) is 1. The van der Waals surface area contributed by atoms with Gasteiger partial charge in [-0.2, -0.15) is 8.78 Å². The van der Waals surface area contributed by atoms with Crippen LogP contribution in [0, 0.1) is 0 Å². The second kappa shape index (κ2) is 3.64. The average molecular weight is 231 g/mol. The minimum Gasteiger partial charge on any atom is -0.423 e. The number of fused-ring (bicyclic) bond motifs is 1. The first-order valence-corrected chi connectivity index (χ1v) is 5.42. The zero-order chi connectivity index (χ0) is 11.1. The Labute approximate surface area is 90.8 Å².